The first-order valence-corrected chi connectivity index (χ1v) is 8.01. The van der Waals surface area contributed by atoms with Gasteiger partial charge in [0, 0.05) is 25.7 Å². The fourth-order valence-electron chi connectivity index (χ4n) is 3.13. The van der Waals surface area contributed by atoms with Crippen molar-refractivity contribution in [2.24, 2.45) is 5.41 Å². The number of hydroxylamine groups is 4. The first-order chi connectivity index (χ1) is 11.8. The highest BCUT2D eigenvalue weighted by Gasteiger charge is 2.54. The second-order valence-corrected chi connectivity index (χ2v) is 6.21. The molecule has 0 unspecified atom stereocenters. The van der Waals surface area contributed by atoms with Crippen LogP contribution in [0.25, 0.3) is 0 Å². The van der Waals surface area contributed by atoms with E-state index < -0.39 is 41.0 Å². The number of hydrogen-bond donors (Lipinski definition) is 0. The van der Waals surface area contributed by atoms with Gasteiger partial charge in [-0.1, -0.05) is 12.8 Å². The molecule has 134 valence electrons. The van der Waals surface area contributed by atoms with E-state index in [-0.39, 0.29) is 38.5 Å². The molecule has 3 rings (SSSR count). The third kappa shape index (κ3) is 2.87. The molecule has 0 radical (unpaired) electrons. The first-order valence-electron chi connectivity index (χ1n) is 8.01. The summed E-state index contributed by atoms with van der Waals surface area (Å²) in [6, 6.07) is 0. The van der Waals surface area contributed by atoms with Gasteiger partial charge in [0.05, 0.1) is 0 Å². The molecular formula is C15H16N2O8. The van der Waals surface area contributed by atoms with Gasteiger partial charge in [-0.25, -0.2) is 9.59 Å². The van der Waals surface area contributed by atoms with E-state index in [9.17, 15) is 28.8 Å². The minimum atomic E-state index is -1.74. The molecule has 0 aromatic carbocycles. The van der Waals surface area contributed by atoms with Crippen LogP contribution < -0.4 is 0 Å². The third-order valence-corrected chi connectivity index (χ3v) is 4.60. The van der Waals surface area contributed by atoms with Crippen LogP contribution in [-0.4, -0.2) is 45.7 Å². The van der Waals surface area contributed by atoms with Gasteiger partial charge in [-0.2, -0.15) is 0 Å². The van der Waals surface area contributed by atoms with Crippen LogP contribution in [-0.2, 0) is 38.4 Å². The van der Waals surface area contributed by atoms with Gasteiger partial charge in [-0.3, -0.25) is 19.2 Å². The van der Waals surface area contributed by atoms with E-state index >= 15 is 0 Å². The lowest BCUT2D eigenvalue weighted by Gasteiger charge is -2.26. The molecule has 0 spiro atoms. The van der Waals surface area contributed by atoms with Crippen LogP contribution in [0.2, 0.25) is 0 Å². The molecule has 2 heterocycles. The molecular weight excluding hydrogens is 336 g/mol. The zero-order chi connectivity index (χ0) is 18.2. The van der Waals surface area contributed by atoms with Gasteiger partial charge in [0.25, 0.3) is 23.6 Å². The SMILES string of the molecule is O=C1CCC(=O)N1OC(=O)C1(C(=O)ON2C(=O)CCC2=O)CCCC1. The van der Waals surface area contributed by atoms with E-state index in [1.807, 2.05) is 0 Å². The van der Waals surface area contributed by atoms with Crippen molar-refractivity contribution in [3.63, 3.8) is 0 Å². The van der Waals surface area contributed by atoms with Crippen LogP contribution >= 0.6 is 0 Å². The van der Waals surface area contributed by atoms with Crippen molar-refractivity contribution in [2.45, 2.75) is 51.4 Å². The number of imide groups is 2. The Kier molecular flexibility index (Phi) is 4.27. The number of nitrogens with zero attached hydrogens (tertiary/aromatic N) is 2. The smallest absolute Gasteiger partial charge is 0.329 e. The minimum Gasteiger partial charge on any atom is -0.329 e. The summed E-state index contributed by atoms with van der Waals surface area (Å²) in [5, 5.41) is 0.726. The first kappa shape index (κ1) is 17.1. The summed E-state index contributed by atoms with van der Waals surface area (Å²) in [5.74, 6) is -4.82. The Balaban J connectivity index is 1.76. The summed E-state index contributed by atoms with van der Waals surface area (Å²) >= 11 is 0. The molecule has 10 nitrogen and oxygen atoms in total. The highest BCUT2D eigenvalue weighted by molar-refractivity contribution is 6.06. The maximum Gasteiger partial charge on any atom is 0.350 e. The van der Waals surface area contributed by atoms with Gasteiger partial charge < -0.3 is 9.68 Å². The fourth-order valence-corrected chi connectivity index (χ4v) is 3.13. The molecule has 2 aliphatic heterocycles. The average Bonchev–Trinajstić information content (AvgIpc) is 3.27. The van der Waals surface area contributed by atoms with Crippen LogP contribution in [0.15, 0.2) is 0 Å². The number of amides is 4. The van der Waals surface area contributed by atoms with Crippen molar-refractivity contribution >= 4 is 35.6 Å². The zero-order valence-electron chi connectivity index (χ0n) is 13.3. The minimum absolute atomic E-state index is 0.0691. The second kappa shape index (κ2) is 6.26. The van der Waals surface area contributed by atoms with Gasteiger partial charge in [-0.05, 0) is 12.8 Å². The maximum absolute atomic E-state index is 12.5. The Bertz CT molecular complexity index is 595. The van der Waals surface area contributed by atoms with E-state index in [0.717, 1.165) is 0 Å². The van der Waals surface area contributed by atoms with E-state index in [4.69, 9.17) is 9.68 Å². The van der Waals surface area contributed by atoms with Gasteiger partial charge in [0.1, 0.15) is 0 Å². The molecule has 0 atom stereocenters. The van der Waals surface area contributed by atoms with Crippen molar-refractivity contribution in [1.82, 2.24) is 10.1 Å². The van der Waals surface area contributed by atoms with E-state index in [2.05, 4.69) is 0 Å². The number of carbonyl (C=O) groups is 6. The molecule has 1 aliphatic carbocycles. The molecule has 4 amide bonds. The molecule has 25 heavy (non-hydrogen) atoms. The predicted octanol–water partition coefficient (Wildman–Crippen LogP) is -0.239. The summed E-state index contributed by atoms with van der Waals surface area (Å²) in [6.07, 6.45) is 0.928. The Labute approximate surface area is 141 Å². The van der Waals surface area contributed by atoms with Gasteiger partial charge in [0.2, 0.25) is 0 Å². The molecule has 1 saturated carbocycles. The molecule has 3 fully saturated rings. The molecule has 0 N–H and O–H groups in total. The predicted molar refractivity (Wildman–Crippen MR) is 75.3 cm³/mol. The Morgan fingerprint density at radius 2 is 1.00 bits per heavy atom. The summed E-state index contributed by atoms with van der Waals surface area (Å²) in [7, 11) is 0. The summed E-state index contributed by atoms with van der Waals surface area (Å²) in [6.45, 7) is 0. The Hall–Kier alpha value is -2.78. The normalized spacial score (nSPS) is 22.7. The topological polar surface area (TPSA) is 127 Å². The number of hydrogen-bond acceptors (Lipinski definition) is 8. The molecule has 10 heteroatoms. The van der Waals surface area contributed by atoms with E-state index in [1.54, 1.807) is 0 Å². The lowest BCUT2D eigenvalue weighted by Crippen LogP contribution is -2.47. The van der Waals surface area contributed by atoms with Gasteiger partial charge in [-0.15, -0.1) is 10.1 Å². The van der Waals surface area contributed by atoms with Gasteiger partial charge in [0.15, 0.2) is 5.41 Å². The van der Waals surface area contributed by atoms with Crippen LogP contribution in [0, 0.1) is 5.41 Å². The summed E-state index contributed by atoms with van der Waals surface area (Å²) < 4.78 is 0. The molecule has 3 aliphatic rings. The van der Waals surface area contributed by atoms with Crippen LogP contribution in [0.1, 0.15) is 51.4 Å². The average molecular weight is 352 g/mol. The third-order valence-electron chi connectivity index (χ3n) is 4.60. The molecule has 2 saturated heterocycles. The van der Waals surface area contributed by atoms with Crippen molar-refractivity contribution in [3.8, 4) is 0 Å². The van der Waals surface area contributed by atoms with Crippen molar-refractivity contribution in [1.29, 1.82) is 0 Å². The lowest BCUT2D eigenvalue weighted by molar-refractivity contribution is -0.219. The van der Waals surface area contributed by atoms with Crippen molar-refractivity contribution in [3.05, 3.63) is 0 Å². The monoisotopic (exact) mass is 352 g/mol. The molecule has 0 aromatic heterocycles. The van der Waals surface area contributed by atoms with Crippen molar-refractivity contribution < 1.29 is 38.4 Å². The molecule has 0 bridgehead atoms. The largest absolute Gasteiger partial charge is 0.350 e. The molecule has 0 aromatic rings. The highest BCUT2D eigenvalue weighted by Crippen LogP contribution is 2.41. The Morgan fingerprint density at radius 3 is 1.32 bits per heavy atom. The number of carbonyl (C=O) groups excluding carboxylic acids is 6. The van der Waals surface area contributed by atoms with Crippen LogP contribution in [0.4, 0.5) is 0 Å². The van der Waals surface area contributed by atoms with E-state index in [0.29, 0.717) is 23.0 Å². The second-order valence-electron chi connectivity index (χ2n) is 6.21. The van der Waals surface area contributed by atoms with Crippen molar-refractivity contribution in [2.75, 3.05) is 0 Å². The fraction of sp³-hybridized carbons (Fsp3) is 0.600. The highest BCUT2D eigenvalue weighted by atomic mass is 16.7. The van der Waals surface area contributed by atoms with Gasteiger partial charge >= 0.3 is 11.9 Å². The Morgan fingerprint density at radius 1 is 0.680 bits per heavy atom. The lowest BCUT2D eigenvalue weighted by atomic mass is 9.86. The van der Waals surface area contributed by atoms with Crippen LogP contribution in [0.5, 0.6) is 0 Å². The van der Waals surface area contributed by atoms with E-state index in [1.165, 1.54) is 0 Å². The summed E-state index contributed by atoms with van der Waals surface area (Å²) in [4.78, 5) is 81.2. The number of rotatable bonds is 4. The van der Waals surface area contributed by atoms with Crippen LogP contribution in [0.3, 0.4) is 0 Å². The summed E-state index contributed by atoms with van der Waals surface area (Å²) in [5.41, 5.74) is -1.74. The maximum atomic E-state index is 12.5. The quantitative estimate of drug-likeness (QED) is 0.501. The standard InChI is InChI=1S/C15H16N2O8/c18-9-3-4-10(19)16(9)24-13(22)15(7-1-2-8-15)14(23)25-17-11(20)5-6-12(17)21/h1-8H2. The zero-order valence-corrected chi connectivity index (χ0v) is 13.3.